The summed E-state index contributed by atoms with van der Waals surface area (Å²) in [4.78, 5) is 16.6. The lowest BCUT2D eigenvalue weighted by Gasteiger charge is -2.21. The summed E-state index contributed by atoms with van der Waals surface area (Å²) in [6.45, 7) is 6.11. The Morgan fingerprint density at radius 3 is 3.10 bits per heavy atom. The van der Waals surface area contributed by atoms with Crippen molar-refractivity contribution in [3.8, 4) is 0 Å². The molecule has 0 saturated heterocycles. The second-order valence-corrected chi connectivity index (χ2v) is 5.33. The number of aryl methyl sites for hydroxylation is 2. The van der Waals surface area contributed by atoms with Crippen molar-refractivity contribution in [3.63, 3.8) is 0 Å². The highest BCUT2D eigenvalue weighted by atomic mass is 16.3. The van der Waals surface area contributed by atoms with E-state index < -0.39 is 0 Å². The second kappa shape index (κ2) is 5.69. The van der Waals surface area contributed by atoms with E-state index in [-0.39, 0.29) is 5.91 Å². The Hall–Kier alpha value is -2.14. The quantitative estimate of drug-likeness (QED) is 0.903. The standard InChI is InChI=1S/C16H19N3O2/c1-10-15(14-3-5-17-7-12(14)8-18-10)9-19-16(20)13-4-6-21-11(13)2/h4,6,8,17H,3,5,7,9H2,1-2H3,(H,19,20). The first kappa shape index (κ1) is 13.8. The summed E-state index contributed by atoms with van der Waals surface area (Å²) in [5, 5.41) is 6.32. The summed E-state index contributed by atoms with van der Waals surface area (Å²) >= 11 is 0. The number of carbonyl (C=O) groups is 1. The number of fused-ring (bicyclic) bond motifs is 1. The zero-order valence-electron chi connectivity index (χ0n) is 12.3. The lowest BCUT2D eigenvalue weighted by atomic mass is 9.96. The van der Waals surface area contributed by atoms with Crippen LogP contribution in [0.2, 0.25) is 0 Å². The number of carbonyl (C=O) groups excluding carboxylic acids is 1. The molecule has 2 aromatic rings. The van der Waals surface area contributed by atoms with Gasteiger partial charge in [0, 0.05) is 25.0 Å². The zero-order chi connectivity index (χ0) is 14.8. The number of furan rings is 1. The van der Waals surface area contributed by atoms with Crippen LogP contribution in [-0.4, -0.2) is 17.4 Å². The highest BCUT2D eigenvalue weighted by molar-refractivity contribution is 5.95. The molecule has 3 heterocycles. The number of nitrogens with zero attached hydrogens (tertiary/aromatic N) is 1. The highest BCUT2D eigenvalue weighted by Gasteiger charge is 2.17. The number of amides is 1. The van der Waals surface area contributed by atoms with Gasteiger partial charge in [-0.1, -0.05) is 0 Å². The Kier molecular flexibility index (Phi) is 3.75. The van der Waals surface area contributed by atoms with Crippen LogP contribution in [-0.2, 0) is 19.5 Å². The van der Waals surface area contributed by atoms with Crippen molar-refractivity contribution >= 4 is 5.91 Å². The third kappa shape index (κ3) is 2.69. The van der Waals surface area contributed by atoms with E-state index in [4.69, 9.17) is 4.42 Å². The van der Waals surface area contributed by atoms with Gasteiger partial charge in [-0.05, 0) is 49.6 Å². The fraction of sp³-hybridized carbons (Fsp3) is 0.375. The van der Waals surface area contributed by atoms with Crippen molar-refractivity contribution in [3.05, 3.63) is 52.2 Å². The topological polar surface area (TPSA) is 67.2 Å². The molecule has 21 heavy (non-hydrogen) atoms. The Morgan fingerprint density at radius 1 is 1.48 bits per heavy atom. The predicted molar refractivity (Wildman–Crippen MR) is 79.0 cm³/mol. The van der Waals surface area contributed by atoms with Gasteiger partial charge in [-0.2, -0.15) is 0 Å². The van der Waals surface area contributed by atoms with Crippen LogP contribution in [0.4, 0.5) is 0 Å². The van der Waals surface area contributed by atoms with Gasteiger partial charge in [0.2, 0.25) is 0 Å². The molecule has 2 N–H and O–H groups in total. The number of rotatable bonds is 3. The largest absolute Gasteiger partial charge is 0.469 e. The van der Waals surface area contributed by atoms with Crippen molar-refractivity contribution in [2.75, 3.05) is 6.54 Å². The molecule has 110 valence electrons. The molecule has 0 atom stereocenters. The first-order chi connectivity index (χ1) is 10.2. The molecular weight excluding hydrogens is 266 g/mol. The Bertz CT molecular complexity index is 676. The molecule has 0 bridgehead atoms. The van der Waals surface area contributed by atoms with Gasteiger partial charge in [0.25, 0.3) is 5.91 Å². The van der Waals surface area contributed by atoms with Crippen LogP contribution >= 0.6 is 0 Å². The molecule has 0 spiro atoms. The molecule has 1 amide bonds. The molecule has 0 fully saturated rings. The van der Waals surface area contributed by atoms with Crippen LogP contribution in [0.25, 0.3) is 0 Å². The lowest BCUT2D eigenvalue weighted by Crippen LogP contribution is -2.28. The zero-order valence-corrected chi connectivity index (χ0v) is 12.3. The normalized spacial score (nSPS) is 13.8. The monoisotopic (exact) mass is 285 g/mol. The third-order valence-electron chi connectivity index (χ3n) is 4.00. The van der Waals surface area contributed by atoms with Crippen molar-refractivity contribution in [1.29, 1.82) is 0 Å². The molecule has 0 radical (unpaired) electrons. The highest BCUT2D eigenvalue weighted by Crippen LogP contribution is 2.20. The van der Waals surface area contributed by atoms with Crippen LogP contribution in [0.3, 0.4) is 0 Å². The summed E-state index contributed by atoms with van der Waals surface area (Å²) in [5.74, 6) is 0.536. The van der Waals surface area contributed by atoms with Crippen LogP contribution in [0.5, 0.6) is 0 Å². The van der Waals surface area contributed by atoms with Crippen molar-refractivity contribution < 1.29 is 9.21 Å². The van der Waals surface area contributed by atoms with Gasteiger partial charge in [0.1, 0.15) is 5.76 Å². The van der Waals surface area contributed by atoms with E-state index in [9.17, 15) is 4.79 Å². The van der Waals surface area contributed by atoms with Gasteiger partial charge < -0.3 is 15.1 Å². The van der Waals surface area contributed by atoms with Crippen molar-refractivity contribution in [2.24, 2.45) is 0 Å². The van der Waals surface area contributed by atoms with Crippen LogP contribution in [0, 0.1) is 13.8 Å². The molecule has 0 unspecified atom stereocenters. The van der Waals surface area contributed by atoms with E-state index in [2.05, 4.69) is 15.6 Å². The van der Waals surface area contributed by atoms with Crippen LogP contribution < -0.4 is 10.6 Å². The minimum absolute atomic E-state index is 0.104. The van der Waals surface area contributed by atoms with Gasteiger partial charge in [0.05, 0.1) is 11.8 Å². The van der Waals surface area contributed by atoms with E-state index in [1.807, 2.05) is 13.1 Å². The van der Waals surface area contributed by atoms with Gasteiger partial charge in [-0.15, -0.1) is 0 Å². The fourth-order valence-electron chi connectivity index (χ4n) is 2.76. The van der Waals surface area contributed by atoms with E-state index in [1.165, 1.54) is 17.4 Å². The Morgan fingerprint density at radius 2 is 2.33 bits per heavy atom. The van der Waals surface area contributed by atoms with Crippen LogP contribution in [0.15, 0.2) is 22.9 Å². The molecule has 1 aliphatic rings. The average Bonchev–Trinajstić information content (AvgIpc) is 2.92. The number of aromatic nitrogens is 1. The molecule has 3 rings (SSSR count). The van der Waals surface area contributed by atoms with Gasteiger partial charge in [-0.25, -0.2) is 0 Å². The summed E-state index contributed by atoms with van der Waals surface area (Å²) in [7, 11) is 0. The van der Waals surface area contributed by atoms with Crippen molar-refractivity contribution in [1.82, 2.24) is 15.6 Å². The second-order valence-electron chi connectivity index (χ2n) is 5.33. The molecule has 0 saturated carbocycles. The van der Waals surface area contributed by atoms with Gasteiger partial charge >= 0.3 is 0 Å². The SMILES string of the molecule is Cc1ncc2c(c1CNC(=O)c1ccoc1C)CCNC2. The summed E-state index contributed by atoms with van der Waals surface area (Å²) in [6, 6.07) is 1.69. The number of hydrogen-bond donors (Lipinski definition) is 2. The minimum atomic E-state index is -0.104. The van der Waals surface area contributed by atoms with Gasteiger partial charge in [-0.3, -0.25) is 9.78 Å². The minimum Gasteiger partial charge on any atom is -0.469 e. The summed E-state index contributed by atoms with van der Waals surface area (Å²) in [6.07, 6.45) is 4.45. The van der Waals surface area contributed by atoms with E-state index in [0.29, 0.717) is 17.9 Å². The Labute approximate surface area is 123 Å². The van der Waals surface area contributed by atoms with E-state index >= 15 is 0 Å². The summed E-state index contributed by atoms with van der Waals surface area (Å²) < 4.78 is 5.17. The molecule has 0 aliphatic carbocycles. The predicted octanol–water partition coefficient (Wildman–Crippen LogP) is 1.87. The van der Waals surface area contributed by atoms with Crippen LogP contribution in [0.1, 0.15) is 38.5 Å². The van der Waals surface area contributed by atoms with E-state index in [1.54, 1.807) is 13.0 Å². The first-order valence-corrected chi connectivity index (χ1v) is 7.16. The van der Waals surface area contributed by atoms with Crippen molar-refractivity contribution in [2.45, 2.75) is 33.4 Å². The molecule has 2 aromatic heterocycles. The molecule has 5 nitrogen and oxygen atoms in total. The smallest absolute Gasteiger partial charge is 0.255 e. The fourth-order valence-corrected chi connectivity index (χ4v) is 2.76. The average molecular weight is 285 g/mol. The maximum Gasteiger partial charge on any atom is 0.255 e. The summed E-state index contributed by atoms with van der Waals surface area (Å²) in [5.41, 5.74) is 5.27. The molecular formula is C16H19N3O2. The number of nitrogens with one attached hydrogen (secondary N) is 2. The molecule has 1 aliphatic heterocycles. The Balaban J connectivity index is 1.79. The maximum absolute atomic E-state index is 12.2. The molecule has 5 heteroatoms. The maximum atomic E-state index is 12.2. The lowest BCUT2D eigenvalue weighted by molar-refractivity contribution is 0.0949. The van der Waals surface area contributed by atoms with Gasteiger partial charge in [0.15, 0.2) is 0 Å². The third-order valence-corrected chi connectivity index (χ3v) is 4.00. The molecule has 0 aromatic carbocycles. The number of hydrogen-bond acceptors (Lipinski definition) is 4. The van der Waals surface area contributed by atoms with E-state index in [0.717, 1.165) is 30.8 Å². The first-order valence-electron chi connectivity index (χ1n) is 7.16. The number of pyridine rings is 1.